The topological polar surface area (TPSA) is 79.2 Å². The normalized spacial score (nSPS) is 20.2. The minimum Gasteiger partial charge on any atom is -0.505 e. The largest absolute Gasteiger partial charge is 0.505 e. The SMILES string of the molecule is OC1=CO[C@@H](c2cc(Cc3ccc(OC4CCCC4)cc3)c(Cl)s2)C(O)=C1O. The van der Waals surface area contributed by atoms with Crippen LogP contribution in [0.4, 0.5) is 0 Å². The Morgan fingerprint density at radius 1 is 1.11 bits per heavy atom. The lowest BCUT2D eigenvalue weighted by Gasteiger charge is -2.19. The van der Waals surface area contributed by atoms with Crippen molar-refractivity contribution in [1.29, 1.82) is 0 Å². The molecule has 1 fully saturated rings. The van der Waals surface area contributed by atoms with Gasteiger partial charge < -0.3 is 24.8 Å². The van der Waals surface area contributed by atoms with Crippen LogP contribution >= 0.6 is 22.9 Å². The molecule has 2 heterocycles. The number of aliphatic hydroxyl groups is 3. The number of hydrogen-bond donors (Lipinski definition) is 3. The second kappa shape index (κ2) is 7.97. The van der Waals surface area contributed by atoms with Crippen molar-refractivity contribution in [2.45, 2.75) is 44.3 Å². The van der Waals surface area contributed by atoms with Crippen LogP contribution in [0.3, 0.4) is 0 Å². The summed E-state index contributed by atoms with van der Waals surface area (Å²) in [5, 5.41) is 29.2. The Hall–Kier alpha value is -2.31. The fraction of sp³-hybridized carbons (Fsp3) is 0.333. The van der Waals surface area contributed by atoms with Crippen molar-refractivity contribution >= 4 is 22.9 Å². The summed E-state index contributed by atoms with van der Waals surface area (Å²) in [7, 11) is 0. The molecule has 0 saturated heterocycles. The molecule has 1 aromatic heterocycles. The van der Waals surface area contributed by atoms with E-state index in [0.717, 1.165) is 36.0 Å². The number of benzene rings is 1. The van der Waals surface area contributed by atoms with Gasteiger partial charge in [-0.15, -0.1) is 11.3 Å². The predicted octanol–water partition coefficient (Wildman–Crippen LogP) is 6.11. The molecule has 0 spiro atoms. The van der Waals surface area contributed by atoms with Gasteiger partial charge in [-0.25, -0.2) is 0 Å². The minimum absolute atomic E-state index is 0.334. The van der Waals surface area contributed by atoms with E-state index in [1.807, 2.05) is 30.3 Å². The molecule has 2 aromatic rings. The number of rotatable bonds is 5. The highest BCUT2D eigenvalue weighted by Gasteiger charge is 2.29. The lowest BCUT2D eigenvalue weighted by atomic mass is 10.1. The molecule has 0 unspecified atom stereocenters. The van der Waals surface area contributed by atoms with Crippen molar-refractivity contribution in [2.75, 3.05) is 0 Å². The third-order valence-corrected chi connectivity index (χ3v) is 6.49. The number of ether oxygens (including phenoxy) is 2. The lowest BCUT2D eigenvalue weighted by Crippen LogP contribution is -2.12. The van der Waals surface area contributed by atoms with Crippen molar-refractivity contribution in [1.82, 2.24) is 0 Å². The van der Waals surface area contributed by atoms with Crippen molar-refractivity contribution < 1.29 is 24.8 Å². The number of thiophene rings is 1. The molecule has 7 heteroatoms. The third-order valence-electron chi connectivity index (χ3n) is 5.01. The van der Waals surface area contributed by atoms with Gasteiger partial charge in [0.25, 0.3) is 0 Å². The van der Waals surface area contributed by atoms with Gasteiger partial charge in [0.15, 0.2) is 17.6 Å². The van der Waals surface area contributed by atoms with Crippen LogP contribution in [0.5, 0.6) is 5.75 Å². The molecule has 5 nitrogen and oxygen atoms in total. The highest BCUT2D eigenvalue weighted by atomic mass is 35.5. The van der Waals surface area contributed by atoms with Crippen LogP contribution in [0, 0.1) is 0 Å². The summed E-state index contributed by atoms with van der Waals surface area (Å²) in [6.07, 6.45) is 5.83. The maximum Gasteiger partial charge on any atom is 0.203 e. The third kappa shape index (κ3) is 3.93. The van der Waals surface area contributed by atoms with Crippen molar-refractivity contribution in [3.05, 3.63) is 74.2 Å². The van der Waals surface area contributed by atoms with Crippen LogP contribution in [0.25, 0.3) is 0 Å². The Bertz CT molecular complexity index is 909. The zero-order chi connectivity index (χ0) is 19.7. The first-order valence-electron chi connectivity index (χ1n) is 9.22. The molecular formula is C21H21ClO5S. The first kappa shape index (κ1) is 19.0. The van der Waals surface area contributed by atoms with E-state index in [0.29, 0.717) is 21.7 Å². The van der Waals surface area contributed by atoms with Gasteiger partial charge in [0.1, 0.15) is 12.0 Å². The van der Waals surface area contributed by atoms with Crippen LogP contribution in [0.1, 0.15) is 47.8 Å². The van der Waals surface area contributed by atoms with Crippen LogP contribution in [0.15, 0.2) is 53.9 Å². The quantitative estimate of drug-likeness (QED) is 0.543. The zero-order valence-corrected chi connectivity index (χ0v) is 16.7. The minimum atomic E-state index is -0.880. The average Bonchev–Trinajstić information content (AvgIpc) is 3.32. The average molecular weight is 421 g/mol. The van der Waals surface area contributed by atoms with Gasteiger partial charge in [0.05, 0.1) is 15.3 Å². The van der Waals surface area contributed by atoms with Crippen molar-refractivity contribution in [2.24, 2.45) is 0 Å². The van der Waals surface area contributed by atoms with Crippen LogP contribution in [-0.2, 0) is 11.2 Å². The highest BCUT2D eigenvalue weighted by Crippen LogP contribution is 2.39. The molecule has 0 amide bonds. The summed E-state index contributed by atoms with van der Waals surface area (Å²) >= 11 is 7.66. The van der Waals surface area contributed by atoms with E-state index in [-0.39, 0.29) is 0 Å². The second-order valence-electron chi connectivity index (χ2n) is 7.05. The highest BCUT2D eigenvalue weighted by molar-refractivity contribution is 7.16. The number of aliphatic hydroxyl groups excluding tert-OH is 3. The molecular weight excluding hydrogens is 400 g/mol. The number of hydrogen-bond acceptors (Lipinski definition) is 6. The Morgan fingerprint density at radius 3 is 2.54 bits per heavy atom. The molecule has 1 atom stereocenters. The summed E-state index contributed by atoms with van der Waals surface area (Å²) in [5.41, 5.74) is 2.00. The molecule has 1 aliphatic heterocycles. The maximum atomic E-state index is 10.1. The Labute approximate surface area is 172 Å². The molecule has 3 N–H and O–H groups in total. The Morgan fingerprint density at radius 2 is 1.82 bits per heavy atom. The van der Waals surface area contributed by atoms with Crippen LogP contribution in [0.2, 0.25) is 4.34 Å². The van der Waals surface area contributed by atoms with Gasteiger partial charge in [-0.3, -0.25) is 0 Å². The predicted molar refractivity (Wildman–Crippen MR) is 108 cm³/mol. The van der Waals surface area contributed by atoms with E-state index >= 15 is 0 Å². The monoisotopic (exact) mass is 420 g/mol. The number of halogens is 1. The van der Waals surface area contributed by atoms with Crippen molar-refractivity contribution in [3.8, 4) is 5.75 Å². The first-order valence-corrected chi connectivity index (χ1v) is 10.4. The van der Waals surface area contributed by atoms with E-state index in [1.165, 1.54) is 24.2 Å². The zero-order valence-electron chi connectivity index (χ0n) is 15.1. The molecule has 4 rings (SSSR count). The summed E-state index contributed by atoms with van der Waals surface area (Å²) in [4.78, 5) is 0.647. The fourth-order valence-electron chi connectivity index (χ4n) is 3.49. The molecule has 0 radical (unpaired) electrons. The van der Waals surface area contributed by atoms with E-state index in [4.69, 9.17) is 21.1 Å². The van der Waals surface area contributed by atoms with Gasteiger partial charge >= 0.3 is 0 Å². The van der Waals surface area contributed by atoms with Crippen LogP contribution < -0.4 is 4.74 Å². The van der Waals surface area contributed by atoms with Gasteiger partial charge in [-0.1, -0.05) is 23.7 Å². The standard InChI is InChI=1S/C21H21ClO5S/c22-21-13(10-17(28-21)20-19(25)18(24)16(23)11-26-20)9-12-5-7-15(8-6-12)27-14-3-1-2-4-14/h5-8,10-11,14,20,23-25H,1-4,9H2/t20-/m0/s1. The molecule has 2 aliphatic rings. The van der Waals surface area contributed by atoms with E-state index < -0.39 is 23.4 Å². The smallest absolute Gasteiger partial charge is 0.203 e. The lowest BCUT2D eigenvalue weighted by molar-refractivity contribution is 0.0937. The van der Waals surface area contributed by atoms with Gasteiger partial charge in [-0.05, 0) is 61.4 Å². The van der Waals surface area contributed by atoms with E-state index in [9.17, 15) is 15.3 Å². The maximum absolute atomic E-state index is 10.1. The summed E-state index contributed by atoms with van der Waals surface area (Å²) < 4.78 is 11.9. The van der Waals surface area contributed by atoms with Gasteiger partial charge in [0, 0.05) is 0 Å². The summed E-state index contributed by atoms with van der Waals surface area (Å²) in [6.45, 7) is 0. The fourth-order valence-corrected chi connectivity index (χ4v) is 4.82. The summed E-state index contributed by atoms with van der Waals surface area (Å²) in [6, 6.07) is 9.87. The molecule has 148 valence electrons. The van der Waals surface area contributed by atoms with E-state index in [1.54, 1.807) is 0 Å². The molecule has 28 heavy (non-hydrogen) atoms. The second-order valence-corrected chi connectivity index (χ2v) is 8.73. The Kier molecular flexibility index (Phi) is 5.42. The molecule has 1 aliphatic carbocycles. The van der Waals surface area contributed by atoms with E-state index in [2.05, 4.69) is 0 Å². The summed E-state index contributed by atoms with van der Waals surface area (Å²) in [5.74, 6) is -0.630. The molecule has 0 bridgehead atoms. The van der Waals surface area contributed by atoms with Crippen LogP contribution in [-0.4, -0.2) is 21.4 Å². The first-order chi connectivity index (χ1) is 13.5. The van der Waals surface area contributed by atoms with Gasteiger partial charge in [-0.2, -0.15) is 0 Å². The van der Waals surface area contributed by atoms with Gasteiger partial charge in [0.2, 0.25) is 5.76 Å². The Balaban J connectivity index is 1.46. The van der Waals surface area contributed by atoms with Crippen molar-refractivity contribution in [3.63, 3.8) is 0 Å². The molecule has 1 saturated carbocycles. The molecule has 1 aromatic carbocycles.